The molecule has 2 aromatic rings. The summed E-state index contributed by atoms with van der Waals surface area (Å²) in [6.45, 7) is 3.79. The van der Waals surface area contributed by atoms with E-state index in [4.69, 9.17) is 16.3 Å². The zero-order chi connectivity index (χ0) is 15.9. The van der Waals surface area contributed by atoms with E-state index in [-0.39, 0.29) is 6.03 Å². The maximum absolute atomic E-state index is 11.9. The molecular formula is C16H16ClN3O2. The molecule has 6 heteroatoms. The summed E-state index contributed by atoms with van der Waals surface area (Å²) in [5, 5.41) is 6.03. The number of halogens is 1. The number of rotatable bonds is 5. The predicted molar refractivity (Wildman–Crippen MR) is 89.5 cm³/mol. The number of urea groups is 1. The molecule has 0 atom stereocenters. The summed E-state index contributed by atoms with van der Waals surface area (Å²) >= 11 is 5.87. The molecule has 2 amide bonds. The van der Waals surface area contributed by atoms with Gasteiger partial charge in [-0.25, -0.2) is 4.79 Å². The van der Waals surface area contributed by atoms with Gasteiger partial charge in [0.05, 0.1) is 12.8 Å². The standard InChI is InChI=1S/C16H16ClN3O2/c1-18-13-6-7-15(22-2)11(8-13)10-19-16(21)20-14-5-3-4-12(17)9-14/h3-9H,1,10H2,2H3,(H2,19,20,21). The van der Waals surface area contributed by atoms with Crippen molar-refractivity contribution in [2.75, 3.05) is 12.4 Å². The molecular weight excluding hydrogens is 302 g/mol. The van der Waals surface area contributed by atoms with E-state index < -0.39 is 0 Å². The van der Waals surface area contributed by atoms with Gasteiger partial charge in [0.15, 0.2) is 0 Å². The van der Waals surface area contributed by atoms with E-state index in [1.165, 1.54) is 0 Å². The van der Waals surface area contributed by atoms with Crippen molar-refractivity contribution in [3.63, 3.8) is 0 Å². The molecule has 0 bridgehead atoms. The molecule has 0 aliphatic carbocycles. The molecule has 5 nitrogen and oxygen atoms in total. The van der Waals surface area contributed by atoms with Crippen LogP contribution < -0.4 is 15.4 Å². The third-order valence-electron chi connectivity index (χ3n) is 2.97. The number of amides is 2. The van der Waals surface area contributed by atoms with Crippen molar-refractivity contribution in [1.29, 1.82) is 0 Å². The van der Waals surface area contributed by atoms with E-state index in [1.807, 2.05) is 6.07 Å². The maximum Gasteiger partial charge on any atom is 0.319 e. The zero-order valence-corrected chi connectivity index (χ0v) is 12.9. The van der Waals surface area contributed by atoms with Crippen molar-refractivity contribution in [2.45, 2.75) is 6.54 Å². The van der Waals surface area contributed by atoms with Gasteiger partial charge < -0.3 is 15.4 Å². The van der Waals surface area contributed by atoms with Crippen LogP contribution >= 0.6 is 11.6 Å². The summed E-state index contributed by atoms with van der Waals surface area (Å²) in [6, 6.07) is 12.0. The Balaban J connectivity index is 2.00. The smallest absolute Gasteiger partial charge is 0.319 e. The number of anilines is 1. The topological polar surface area (TPSA) is 62.7 Å². The molecule has 0 unspecified atom stereocenters. The van der Waals surface area contributed by atoms with Gasteiger partial charge in [-0.1, -0.05) is 17.7 Å². The van der Waals surface area contributed by atoms with Crippen molar-refractivity contribution in [1.82, 2.24) is 5.32 Å². The van der Waals surface area contributed by atoms with Gasteiger partial charge in [0.25, 0.3) is 0 Å². The minimum Gasteiger partial charge on any atom is -0.496 e. The molecule has 0 aliphatic rings. The lowest BCUT2D eigenvalue weighted by atomic mass is 10.1. The summed E-state index contributed by atoms with van der Waals surface area (Å²) < 4.78 is 5.26. The number of methoxy groups -OCH3 is 1. The first-order valence-corrected chi connectivity index (χ1v) is 6.94. The molecule has 0 heterocycles. The fraction of sp³-hybridized carbons (Fsp3) is 0.125. The Morgan fingerprint density at radius 3 is 2.82 bits per heavy atom. The van der Waals surface area contributed by atoms with Gasteiger partial charge in [-0.15, -0.1) is 0 Å². The lowest BCUT2D eigenvalue weighted by Gasteiger charge is -2.11. The SMILES string of the molecule is C=Nc1ccc(OC)c(CNC(=O)Nc2cccc(Cl)c2)c1. The molecule has 0 spiro atoms. The van der Waals surface area contributed by atoms with Crippen LogP contribution in [0.1, 0.15) is 5.56 Å². The van der Waals surface area contributed by atoms with E-state index >= 15 is 0 Å². The Morgan fingerprint density at radius 1 is 1.32 bits per heavy atom. The summed E-state index contributed by atoms with van der Waals surface area (Å²) in [7, 11) is 1.58. The van der Waals surface area contributed by atoms with Crippen LogP contribution in [-0.4, -0.2) is 19.9 Å². The molecule has 0 aliphatic heterocycles. The first kappa shape index (κ1) is 15.9. The van der Waals surface area contributed by atoms with Gasteiger partial charge in [0.1, 0.15) is 5.75 Å². The van der Waals surface area contributed by atoms with E-state index in [9.17, 15) is 4.79 Å². The summed E-state index contributed by atoms with van der Waals surface area (Å²) in [4.78, 5) is 15.8. The van der Waals surface area contributed by atoms with Crippen molar-refractivity contribution in [3.8, 4) is 5.75 Å². The van der Waals surface area contributed by atoms with Gasteiger partial charge in [-0.3, -0.25) is 4.99 Å². The summed E-state index contributed by atoms with van der Waals surface area (Å²) in [5.41, 5.74) is 2.15. The highest BCUT2D eigenvalue weighted by molar-refractivity contribution is 6.30. The normalized spacial score (nSPS) is 9.91. The second kappa shape index (κ2) is 7.47. The fourth-order valence-electron chi connectivity index (χ4n) is 1.92. The van der Waals surface area contributed by atoms with E-state index in [0.717, 1.165) is 5.56 Å². The maximum atomic E-state index is 11.9. The number of benzene rings is 2. The lowest BCUT2D eigenvalue weighted by Crippen LogP contribution is -2.28. The Morgan fingerprint density at radius 2 is 2.14 bits per heavy atom. The molecule has 114 valence electrons. The average Bonchev–Trinajstić information content (AvgIpc) is 2.52. The minimum absolute atomic E-state index is 0.304. The van der Waals surface area contributed by atoms with Gasteiger partial charge in [0, 0.05) is 22.8 Å². The number of nitrogens with one attached hydrogen (secondary N) is 2. The lowest BCUT2D eigenvalue weighted by molar-refractivity contribution is 0.251. The molecule has 2 aromatic carbocycles. The molecule has 0 saturated heterocycles. The highest BCUT2D eigenvalue weighted by atomic mass is 35.5. The number of ether oxygens (including phenoxy) is 1. The molecule has 0 fully saturated rings. The van der Waals surface area contributed by atoms with Crippen molar-refractivity contribution >= 4 is 35.7 Å². The van der Waals surface area contributed by atoms with Crippen LogP contribution in [0.25, 0.3) is 0 Å². The highest BCUT2D eigenvalue weighted by Gasteiger charge is 2.07. The predicted octanol–water partition coefficient (Wildman–Crippen LogP) is 4.00. The van der Waals surface area contributed by atoms with E-state index in [1.54, 1.807) is 43.5 Å². The summed E-state index contributed by atoms with van der Waals surface area (Å²) in [5.74, 6) is 0.676. The molecule has 2 rings (SSSR count). The van der Waals surface area contributed by atoms with Crippen LogP contribution in [-0.2, 0) is 6.54 Å². The fourth-order valence-corrected chi connectivity index (χ4v) is 2.11. The van der Waals surface area contributed by atoms with Crippen LogP contribution in [0.2, 0.25) is 5.02 Å². The second-order valence-corrected chi connectivity index (χ2v) is 4.91. The molecule has 2 N–H and O–H groups in total. The first-order valence-electron chi connectivity index (χ1n) is 6.56. The van der Waals surface area contributed by atoms with Gasteiger partial charge in [0.2, 0.25) is 0 Å². The average molecular weight is 318 g/mol. The molecule has 0 aromatic heterocycles. The van der Waals surface area contributed by atoms with Crippen LogP contribution in [0.4, 0.5) is 16.2 Å². The number of hydrogen-bond acceptors (Lipinski definition) is 3. The Hall–Kier alpha value is -2.53. The number of carbonyl (C=O) groups excluding carboxylic acids is 1. The van der Waals surface area contributed by atoms with Crippen molar-refractivity contribution in [3.05, 3.63) is 53.1 Å². The van der Waals surface area contributed by atoms with Gasteiger partial charge in [-0.2, -0.15) is 0 Å². The van der Waals surface area contributed by atoms with Crippen molar-refractivity contribution < 1.29 is 9.53 Å². The first-order chi connectivity index (χ1) is 10.6. The van der Waals surface area contributed by atoms with Crippen LogP contribution in [0.5, 0.6) is 5.75 Å². The van der Waals surface area contributed by atoms with E-state index in [2.05, 4.69) is 22.3 Å². The van der Waals surface area contributed by atoms with Crippen LogP contribution in [0, 0.1) is 0 Å². The van der Waals surface area contributed by atoms with Crippen LogP contribution in [0.15, 0.2) is 47.5 Å². The number of hydrogen-bond donors (Lipinski definition) is 2. The second-order valence-electron chi connectivity index (χ2n) is 4.47. The van der Waals surface area contributed by atoms with Crippen LogP contribution in [0.3, 0.4) is 0 Å². The van der Waals surface area contributed by atoms with Gasteiger partial charge in [-0.05, 0) is 43.1 Å². The molecule has 0 radical (unpaired) electrons. The largest absolute Gasteiger partial charge is 0.496 e. The minimum atomic E-state index is -0.332. The van der Waals surface area contributed by atoms with Crippen molar-refractivity contribution in [2.24, 2.45) is 4.99 Å². The Labute approximate surface area is 134 Å². The Bertz CT molecular complexity index is 689. The number of carbonyl (C=O) groups is 1. The molecule has 22 heavy (non-hydrogen) atoms. The third-order valence-corrected chi connectivity index (χ3v) is 3.20. The zero-order valence-electron chi connectivity index (χ0n) is 12.1. The quantitative estimate of drug-likeness (QED) is 0.819. The van der Waals surface area contributed by atoms with Gasteiger partial charge >= 0.3 is 6.03 Å². The summed E-state index contributed by atoms with van der Waals surface area (Å²) in [6.07, 6.45) is 0. The number of aliphatic imine (C=N–C) groups is 1. The molecule has 0 saturated carbocycles. The highest BCUT2D eigenvalue weighted by Crippen LogP contribution is 2.24. The third kappa shape index (κ3) is 4.23. The number of nitrogens with zero attached hydrogens (tertiary/aromatic N) is 1. The van der Waals surface area contributed by atoms with E-state index in [0.29, 0.717) is 28.7 Å². The monoisotopic (exact) mass is 317 g/mol. The Kier molecular flexibility index (Phi) is 5.38.